The van der Waals surface area contributed by atoms with Crippen LogP contribution in [-0.4, -0.2) is 18.2 Å². The van der Waals surface area contributed by atoms with E-state index in [-0.39, 0.29) is 5.63 Å². The number of rotatable bonds is 1. The summed E-state index contributed by atoms with van der Waals surface area (Å²) in [6, 6.07) is 8.48. The Balaban J connectivity index is 0.000000317. The van der Waals surface area contributed by atoms with Crippen molar-refractivity contribution in [3.05, 3.63) is 40.8 Å². The lowest BCUT2D eigenvalue weighted by molar-refractivity contribution is -0.134. The summed E-state index contributed by atoms with van der Waals surface area (Å²) in [7, 11) is 1.57. The third kappa shape index (κ3) is 3.98. The highest BCUT2D eigenvalue weighted by Gasteiger charge is 1.98. The summed E-state index contributed by atoms with van der Waals surface area (Å²) >= 11 is 0. The lowest BCUT2D eigenvalue weighted by atomic mass is 10.2. The predicted molar refractivity (Wildman–Crippen MR) is 62.3 cm³/mol. The smallest absolute Gasteiger partial charge is 0.336 e. The average Bonchev–Trinajstić information content (AvgIpc) is 2.27. The van der Waals surface area contributed by atoms with E-state index in [1.807, 2.05) is 12.1 Å². The van der Waals surface area contributed by atoms with E-state index >= 15 is 0 Å². The Morgan fingerprint density at radius 3 is 2.47 bits per heavy atom. The summed E-state index contributed by atoms with van der Waals surface area (Å²) in [5, 5.41) is 8.31. The summed E-state index contributed by atoms with van der Waals surface area (Å²) in [5.41, 5.74) is 0.201. The zero-order valence-electron chi connectivity index (χ0n) is 9.47. The van der Waals surface area contributed by atoms with Crippen LogP contribution < -0.4 is 10.4 Å². The number of carbonyl (C=O) groups is 1. The van der Waals surface area contributed by atoms with Gasteiger partial charge in [-0.05, 0) is 18.2 Å². The summed E-state index contributed by atoms with van der Waals surface area (Å²) in [6.07, 6.45) is 0. The van der Waals surface area contributed by atoms with E-state index < -0.39 is 5.97 Å². The summed E-state index contributed by atoms with van der Waals surface area (Å²) in [5.74, 6) is -0.151. The van der Waals surface area contributed by atoms with Crippen molar-refractivity contribution in [3.8, 4) is 5.75 Å². The first-order chi connectivity index (χ1) is 8.02. The van der Waals surface area contributed by atoms with Crippen molar-refractivity contribution in [2.75, 3.05) is 7.11 Å². The number of aliphatic carboxylic acids is 1. The van der Waals surface area contributed by atoms with Gasteiger partial charge in [-0.3, -0.25) is 4.79 Å². The lowest BCUT2D eigenvalue weighted by Crippen LogP contribution is -1.94. The van der Waals surface area contributed by atoms with Gasteiger partial charge in [0, 0.05) is 24.4 Å². The fourth-order valence-electron chi connectivity index (χ4n) is 1.17. The fourth-order valence-corrected chi connectivity index (χ4v) is 1.17. The van der Waals surface area contributed by atoms with Crippen molar-refractivity contribution in [1.82, 2.24) is 0 Å². The van der Waals surface area contributed by atoms with Gasteiger partial charge in [0.05, 0.1) is 7.11 Å². The van der Waals surface area contributed by atoms with Crippen molar-refractivity contribution in [1.29, 1.82) is 0 Å². The number of ether oxygens (including phenoxy) is 1. The Hall–Kier alpha value is -2.30. The van der Waals surface area contributed by atoms with Crippen LogP contribution in [0.1, 0.15) is 6.92 Å². The number of benzene rings is 1. The van der Waals surface area contributed by atoms with Crippen LogP contribution in [0.25, 0.3) is 11.0 Å². The summed E-state index contributed by atoms with van der Waals surface area (Å²) < 4.78 is 9.97. The van der Waals surface area contributed by atoms with Crippen LogP contribution in [0.3, 0.4) is 0 Å². The predicted octanol–water partition coefficient (Wildman–Crippen LogP) is 1.89. The van der Waals surface area contributed by atoms with Gasteiger partial charge >= 0.3 is 5.63 Å². The molecular weight excluding hydrogens is 224 g/mol. The normalized spacial score (nSPS) is 9.29. The van der Waals surface area contributed by atoms with Crippen LogP contribution in [0.2, 0.25) is 0 Å². The van der Waals surface area contributed by atoms with E-state index in [4.69, 9.17) is 19.1 Å². The van der Waals surface area contributed by atoms with Gasteiger partial charge in [0.25, 0.3) is 5.97 Å². The van der Waals surface area contributed by atoms with E-state index in [1.165, 1.54) is 6.07 Å². The topological polar surface area (TPSA) is 76.7 Å². The molecule has 2 rings (SSSR count). The highest BCUT2D eigenvalue weighted by atomic mass is 16.5. The maximum Gasteiger partial charge on any atom is 0.336 e. The third-order valence-electron chi connectivity index (χ3n) is 1.83. The fraction of sp³-hybridized carbons (Fsp3) is 0.167. The molecule has 90 valence electrons. The monoisotopic (exact) mass is 236 g/mol. The quantitative estimate of drug-likeness (QED) is 0.765. The molecule has 0 radical (unpaired) electrons. The molecule has 0 bridgehead atoms. The molecule has 17 heavy (non-hydrogen) atoms. The molecule has 1 N–H and O–H groups in total. The molecule has 5 nitrogen and oxygen atoms in total. The van der Waals surface area contributed by atoms with Crippen LogP contribution in [-0.2, 0) is 4.79 Å². The molecule has 5 heteroatoms. The minimum Gasteiger partial charge on any atom is -0.497 e. The van der Waals surface area contributed by atoms with E-state index in [0.29, 0.717) is 11.3 Å². The molecule has 0 spiro atoms. The van der Waals surface area contributed by atoms with Gasteiger partial charge in [0.1, 0.15) is 11.3 Å². The van der Waals surface area contributed by atoms with Crippen LogP contribution >= 0.6 is 0 Å². The maximum absolute atomic E-state index is 10.9. The second kappa shape index (κ2) is 5.69. The molecule has 0 saturated carbocycles. The van der Waals surface area contributed by atoms with Crippen LogP contribution in [0.4, 0.5) is 0 Å². The first-order valence-corrected chi connectivity index (χ1v) is 4.80. The van der Waals surface area contributed by atoms with Gasteiger partial charge in [-0.1, -0.05) is 0 Å². The number of hydrogen-bond donors (Lipinski definition) is 1. The van der Waals surface area contributed by atoms with Crippen molar-refractivity contribution in [2.24, 2.45) is 0 Å². The SMILES string of the molecule is CC(=O)O.COc1ccc2ccc(=O)oc2c1. The minimum atomic E-state index is -0.833. The molecule has 1 heterocycles. The van der Waals surface area contributed by atoms with E-state index in [9.17, 15) is 4.79 Å². The van der Waals surface area contributed by atoms with Crippen LogP contribution in [0.5, 0.6) is 5.75 Å². The largest absolute Gasteiger partial charge is 0.497 e. The minimum absolute atomic E-state index is 0.347. The first kappa shape index (κ1) is 12.8. The number of methoxy groups -OCH3 is 1. The van der Waals surface area contributed by atoms with Gasteiger partial charge in [0.2, 0.25) is 0 Å². The molecular formula is C12H12O5. The maximum atomic E-state index is 10.9. The molecule has 1 aromatic heterocycles. The van der Waals surface area contributed by atoms with Crippen LogP contribution in [0, 0.1) is 0 Å². The number of fused-ring (bicyclic) bond motifs is 1. The van der Waals surface area contributed by atoms with Gasteiger partial charge in [-0.15, -0.1) is 0 Å². The first-order valence-electron chi connectivity index (χ1n) is 4.80. The van der Waals surface area contributed by atoms with E-state index in [1.54, 1.807) is 19.2 Å². The molecule has 2 aromatic rings. The molecule has 0 atom stereocenters. The highest BCUT2D eigenvalue weighted by Crippen LogP contribution is 2.18. The molecule has 0 fully saturated rings. The van der Waals surface area contributed by atoms with E-state index in [0.717, 1.165) is 12.3 Å². The lowest BCUT2D eigenvalue weighted by Gasteiger charge is -1.99. The van der Waals surface area contributed by atoms with Gasteiger partial charge in [0.15, 0.2) is 0 Å². The van der Waals surface area contributed by atoms with E-state index in [2.05, 4.69) is 0 Å². The van der Waals surface area contributed by atoms with Crippen molar-refractivity contribution in [3.63, 3.8) is 0 Å². The van der Waals surface area contributed by atoms with Gasteiger partial charge < -0.3 is 14.3 Å². The van der Waals surface area contributed by atoms with Gasteiger partial charge in [-0.25, -0.2) is 4.79 Å². The molecule has 0 aliphatic heterocycles. The molecule has 0 aliphatic carbocycles. The second-order valence-corrected chi connectivity index (χ2v) is 3.18. The molecule has 0 saturated heterocycles. The molecule has 0 aliphatic rings. The summed E-state index contributed by atoms with van der Waals surface area (Å²) in [6.45, 7) is 1.08. The Bertz CT molecular complexity index is 566. The second-order valence-electron chi connectivity index (χ2n) is 3.18. The molecule has 1 aromatic carbocycles. The van der Waals surface area contributed by atoms with Gasteiger partial charge in [-0.2, -0.15) is 0 Å². The Morgan fingerprint density at radius 1 is 1.29 bits per heavy atom. The van der Waals surface area contributed by atoms with Crippen molar-refractivity contribution >= 4 is 16.9 Å². The van der Waals surface area contributed by atoms with Crippen molar-refractivity contribution in [2.45, 2.75) is 6.92 Å². The number of carboxylic acids is 1. The zero-order valence-corrected chi connectivity index (χ0v) is 9.47. The number of carboxylic acid groups (broad SMARTS) is 1. The highest BCUT2D eigenvalue weighted by molar-refractivity contribution is 5.77. The summed E-state index contributed by atoms with van der Waals surface area (Å²) in [4.78, 5) is 19.9. The van der Waals surface area contributed by atoms with Crippen molar-refractivity contribution < 1.29 is 19.1 Å². The Morgan fingerprint density at radius 2 is 1.88 bits per heavy atom. The standard InChI is InChI=1S/C10H8O3.C2H4O2/c1-12-8-4-2-7-3-5-10(11)13-9(7)6-8;1-2(3)4/h2-6H,1H3;1H3,(H,3,4). The number of hydrogen-bond acceptors (Lipinski definition) is 4. The third-order valence-corrected chi connectivity index (χ3v) is 1.83. The van der Waals surface area contributed by atoms with Crippen LogP contribution in [0.15, 0.2) is 39.5 Å². The Kier molecular flexibility index (Phi) is 4.28. The molecule has 0 unspecified atom stereocenters. The zero-order chi connectivity index (χ0) is 12.8. The molecule has 0 amide bonds. The Labute approximate surface area is 97.2 Å². The average molecular weight is 236 g/mol.